The minimum Gasteiger partial charge on any atom is -0.812 e. The zero-order chi connectivity index (χ0) is 38.6. The molecule has 0 saturated heterocycles. The summed E-state index contributed by atoms with van der Waals surface area (Å²) in [5, 5.41) is 17.1. The third-order valence-corrected chi connectivity index (χ3v) is 6.10. The maximum atomic E-state index is 13.8. The number of rotatable bonds is 13. The van der Waals surface area contributed by atoms with Gasteiger partial charge in [0.2, 0.25) is 0 Å². The summed E-state index contributed by atoms with van der Waals surface area (Å²) in [6, 6.07) is 9.69. The van der Waals surface area contributed by atoms with Gasteiger partial charge in [0, 0.05) is 30.8 Å². The fraction of sp³-hybridized carbons (Fsp3) is 0.188. The molecule has 5 N–H and O–H groups in total. The van der Waals surface area contributed by atoms with Crippen LogP contribution in [0, 0.1) is 23.2 Å². The molecule has 0 fully saturated rings. The van der Waals surface area contributed by atoms with Crippen molar-refractivity contribution < 1.29 is 108 Å². The van der Waals surface area contributed by atoms with Gasteiger partial charge in [0.1, 0.15) is 23.1 Å². The molecule has 0 saturated carbocycles. The first-order valence-corrected chi connectivity index (χ1v) is 15.2. The van der Waals surface area contributed by atoms with Gasteiger partial charge in [-0.25, -0.2) is 38.4 Å². The molecule has 21 heteroatoms. The molecule has 0 unspecified atom stereocenters. The number of hydrogen-bond acceptors (Lipinski definition) is 14. The number of nitrogens with one attached hydrogen (secondary N) is 1. The Morgan fingerprint density at radius 3 is 1.70 bits per heavy atom. The molecule has 16 nitrogen and oxygen atoms in total. The number of carbonyl (C=O) groups is 3. The second-order valence-electron chi connectivity index (χ2n) is 9.15. The summed E-state index contributed by atoms with van der Waals surface area (Å²) in [4.78, 5) is 41.6. The van der Waals surface area contributed by atoms with Gasteiger partial charge in [0.15, 0.2) is 24.7 Å². The molecular weight excluding hydrogens is 776 g/mol. The quantitative estimate of drug-likeness (QED) is 0.0759. The van der Waals surface area contributed by atoms with Crippen molar-refractivity contribution in [3.05, 3.63) is 82.6 Å². The number of nitrogen functional groups attached to an aromatic ring is 1. The maximum absolute atomic E-state index is 13.8. The zero-order valence-corrected chi connectivity index (χ0v) is 32.8. The minimum absolute atomic E-state index is 0. The van der Waals surface area contributed by atoms with Gasteiger partial charge in [-0.1, -0.05) is 23.2 Å². The van der Waals surface area contributed by atoms with Crippen LogP contribution in [0.25, 0.3) is 0 Å². The van der Waals surface area contributed by atoms with E-state index < -0.39 is 29.6 Å². The first-order chi connectivity index (χ1) is 24.8. The van der Waals surface area contributed by atoms with E-state index in [2.05, 4.69) is 15.3 Å². The van der Waals surface area contributed by atoms with Gasteiger partial charge < -0.3 is 50.3 Å². The van der Waals surface area contributed by atoms with Crippen LogP contribution in [0.4, 0.5) is 25.0 Å². The molecular formula is C32H29Cl2F2KN6O10. The average molecular weight is 806 g/mol. The van der Waals surface area contributed by atoms with Crippen molar-refractivity contribution in [2.45, 2.75) is 13.8 Å². The summed E-state index contributed by atoms with van der Waals surface area (Å²) in [5.41, 5.74) is 10.2. The second kappa shape index (κ2) is 24.5. The Labute approximate surface area is 353 Å². The molecule has 2 amide bonds. The number of primary amides is 1. The van der Waals surface area contributed by atoms with Crippen LogP contribution in [0.5, 0.6) is 34.8 Å². The number of amides is 2. The van der Waals surface area contributed by atoms with E-state index in [1.54, 1.807) is 32.0 Å². The van der Waals surface area contributed by atoms with Crippen LogP contribution in [-0.2, 0) is 19.1 Å². The molecule has 0 aliphatic heterocycles. The Morgan fingerprint density at radius 2 is 1.26 bits per heavy atom. The summed E-state index contributed by atoms with van der Waals surface area (Å²) in [6.45, 7) is 3.13. The van der Waals surface area contributed by atoms with E-state index in [9.17, 15) is 23.2 Å². The molecule has 2 heterocycles. The molecule has 276 valence electrons. The molecule has 0 aliphatic carbocycles. The summed E-state index contributed by atoms with van der Waals surface area (Å²) >= 11 is 11.9. The predicted octanol–water partition coefficient (Wildman–Crippen LogP) is 2.12. The van der Waals surface area contributed by atoms with Gasteiger partial charge in [-0.15, -0.1) is 0 Å². The van der Waals surface area contributed by atoms with Crippen LogP contribution in [0.3, 0.4) is 0 Å². The second-order valence-corrected chi connectivity index (χ2v) is 9.97. The number of urea groups is 1. The number of nitrogens with two attached hydrogens (primary N) is 2. The van der Waals surface area contributed by atoms with Crippen LogP contribution < -0.4 is 92.2 Å². The number of ether oxygens (including phenoxy) is 6. The van der Waals surface area contributed by atoms with Crippen molar-refractivity contribution in [2.24, 2.45) is 5.73 Å². The average Bonchev–Trinajstić information content (AvgIpc) is 3.09. The standard InChI is InChI=1S/C16H15ClFN3O5.C15H14ClFN2O4.CHNO.K/c1-2-24-14(22)8-25-15-12(4-3-5-20-15)26-13-7-11(21-16(19)23)10(18)6-9(13)17;1-2-21-14(20)8-22-15-12(4-3-5-19-15)23-13-7-11(18)10(17)6-9(13)16;2-1-3;/h3-7H,2,8H2,1H3,(H3,19,21,23);3-7H,2,8,18H2,1H3;3H;/q;;;+1/p-1. The van der Waals surface area contributed by atoms with Crippen LogP contribution >= 0.6 is 23.2 Å². The van der Waals surface area contributed by atoms with Crippen molar-refractivity contribution in [1.82, 2.24) is 9.97 Å². The number of aromatic nitrogens is 2. The largest absolute Gasteiger partial charge is 1.00 e. The number of nitriles is 1. The third-order valence-electron chi connectivity index (χ3n) is 5.51. The van der Waals surface area contributed by atoms with Crippen molar-refractivity contribution in [1.29, 1.82) is 5.26 Å². The topological polar surface area (TPSA) is 243 Å². The van der Waals surface area contributed by atoms with Crippen LogP contribution in [0.1, 0.15) is 13.8 Å². The zero-order valence-electron chi connectivity index (χ0n) is 28.2. The summed E-state index contributed by atoms with van der Waals surface area (Å²) in [7, 11) is 0. The van der Waals surface area contributed by atoms with E-state index in [4.69, 9.17) is 73.5 Å². The van der Waals surface area contributed by atoms with Crippen molar-refractivity contribution in [2.75, 3.05) is 37.5 Å². The molecule has 2 aromatic carbocycles. The van der Waals surface area contributed by atoms with E-state index in [0.29, 0.717) is 6.26 Å². The van der Waals surface area contributed by atoms with E-state index in [1.165, 1.54) is 24.5 Å². The van der Waals surface area contributed by atoms with E-state index in [-0.39, 0.29) is 134 Å². The fourth-order valence-corrected chi connectivity index (χ4v) is 3.86. The number of hydrogen-bond donors (Lipinski definition) is 3. The molecule has 53 heavy (non-hydrogen) atoms. The first-order valence-electron chi connectivity index (χ1n) is 14.5. The Hall–Kier alpha value is -4.68. The monoisotopic (exact) mass is 804 g/mol. The Bertz CT molecular complexity index is 1890. The SMILES string of the molecule is CCOC(=O)COc1ncccc1Oc1cc(N)c(F)cc1Cl.CCOC(=O)COc1ncccc1Oc1cc(NC(N)=O)c(F)cc1Cl.N#C[O-].[K+]. The van der Waals surface area contributed by atoms with Crippen molar-refractivity contribution in [3.8, 4) is 41.0 Å². The first kappa shape index (κ1) is 46.3. The number of halogens is 4. The smallest absolute Gasteiger partial charge is 0.812 e. The molecule has 4 rings (SSSR count). The fourth-order valence-electron chi connectivity index (χ4n) is 3.48. The van der Waals surface area contributed by atoms with Gasteiger partial charge >= 0.3 is 69.4 Å². The normalized spacial score (nSPS) is 9.53. The molecule has 0 radical (unpaired) electrons. The molecule has 0 bridgehead atoms. The summed E-state index contributed by atoms with van der Waals surface area (Å²) < 4.78 is 58.3. The molecule has 0 atom stereocenters. The molecule has 4 aromatic rings. The predicted molar refractivity (Wildman–Crippen MR) is 179 cm³/mol. The number of pyridine rings is 2. The minimum atomic E-state index is -0.947. The molecule has 0 aliphatic rings. The van der Waals surface area contributed by atoms with E-state index in [1.807, 2.05) is 0 Å². The number of benzene rings is 2. The van der Waals surface area contributed by atoms with Crippen LogP contribution in [0.2, 0.25) is 10.0 Å². The van der Waals surface area contributed by atoms with Gasteiger partial charge in [0.25, 0.3) is 11.8 Å². The van der Waals surface area contributed by atoms with Crippen LogP contribution in [-0.4, -0.2) is 54.4 Å². The van der Waals surface area contributed by atoms with Gasteiger partial charge in [0.05, 0.1) is 34.6 Å². The Balaban J connectivity index is 0.000000488. The number of anilines is 2. The third kappa shape index (κ3) is 16.3. The van der Waals surface area contributed by atoms with E-state index >= 15 is 0 Å². The van der Waals surface area contributed by atoms with Gasteiger partial charge in [-0.05, 0) is 50.2 Å². The summed E-state index contributed by atoms with van der Waals surface area (Å²) in [5.74, 6) is -1.99. The Kier molecular flexibility index (Phi) is 21.5. The number of nitrogens with zero attached hydrogens (tertiary/aromatic N) is 3. The van der Waals surface area contributed by atoms with Gasteiger partial charge in [-0.3, -0.25) is 0 Å². The summed E-state index contributed by atoms with van der Waals surface area (Å²) in [6.07, 6.45) is 3.40. The van der Waals surface area contributed by atoms with Crippen LogP contribution in [0.15, 0.2) is 60.9 Å². The van der Waals surface area contributed by atoms with Gasteiger partial charge in [-0.2, -0.15) is 0 Å². The number of esters is 2. The maximum Gasteiger partial charge on any atom is 1.00 e. The molecule has 2 aromatic heterocycles. The van der Waals surface area contributed by atoms with E-state index in [0.717, 1.165) is 18.2 Å². The van der Waals surface area contributed by atoms with Crippen molar-refractivity contribution >= 4 is 52.5 Å². The van der Waals surface area contributed by atoms with Crippen molar-refractivity contribution in [3.63, 3.8) is 0 Å². The molecule has 0 spiro atoms. The number of carbonyl (C=O) groups excluding carboxylic acids is 3. The Morgan fingerprint density at radius 1 is 0.830 bits per heavy atom.